The Morgan fingerprint density at radius 1 is 0.784 bits per heavy atom. The van der Waals surface area contributed by atoms with E-state index >= 15 is 4.79 Å². The van der Waals surface area contributed by atoms with Crippen LogP contribution < -0.4 is 42.0 Å². The molecule has 4 aliphatic carbocycles. The minimum Gasteiger partial charge on any atom is -0.479 e. The lowest BCUT2D eigenvalue weighted by Crippen LogP contribution is -2.64. The third-order valence-electron chi connectivity index (χ3n) is 23.6. The number of nitrogens with zero attached hydrogens (tertiary/aromatic N) is 7. The number of pyridine rings is 1. The summed E-state index contributed by atoms with van der Waals surface area (Å²) in [5.41, 5.74) is 8.96. The van der Waals surface area contributed by atoms with Gasteiger partial charge in [-0.15, -0.1) is 0 Å². The molecule has 3 aromatic heterocycles. The number of unbranched alkanes of at least 4 members (excludes halogenated alkanes) is 2. The van der Waals surface area contributed by atoms with Crippen LogP contribution in [0.3, 0.4) is 0 Å². The van der Waals surface area contributed by atoms with Crippen LogP contribution in [0.15, 0.2) is 121 Å². The zero-order valence-corrected chi connectivity index (χ0v) is 65.5. The number of nitrogens with two attached hydrogens (primary N) is 1. The van der Waals surface area contributed by atoms with Crippen LogP contribution in [0, 0.1) is 29.1 Å². The number of rotatable bonds is 19. The van der Waals surface area contributed by atoms with E-state index in [4.69, 9.17) is 34.8 Å². The van der Waals surface area contributed by atoms with Gasteiger partial charge in [0.15, 0.2) is 16.9 Å². The van der Waals surface area contributed by atoms with Crippen molar-refractivity contribution in [3.63, 3.8) is 0 Å². The van der Waals surface area contributed by atoms with E-state index in [9.17, 15) is 68.7 Å². The number of anilines is 3. The van der Waals surface area contributed by atoms with Crippen molar-refractivity contribution in [1.82, 2.24) is 45.5 Å². The van der Waals surface area contributed by atoms with Gasteiger partial charge in [0.1, 0.15) is 48.6 Å². The van der Waals surface area contributed by atoms with E-state index in [2.05, 4.69) is 45.4 Å². The number of primary amides is 1. The van der Waals surface area contributed by atoms with E-state index in [1.165, 1.54) is 40.5 Å². The number of hydrogen-bond acceptors (Lipinski definition) is 22. The van der Waals surface area contributed by atoms with Crippen molar-refractivity contribution in [2.45, 2.75) is 185 Å². The highest BCUT2D eigenvalue weighted by atomic mass is 32.1. The molecule has 4 aromatic carbocycles. The van der Waals surface area contributed by atoms with Crippen LogP contribution in [0.1, 0.15) is 153 Å². The molecule has 2 spiro atoms. The van der Waals surface area contributed by atoms with Gasteiger partial charge in [-0.05, 0) is 170 Å². The van der Waals surface area contributed by atoms with Gasteiger partial charge in [-0.2, -0.15) is 5.10 Å². The number of carbonyl (C=O) groups is 10. The first-order valence-electron chi connectivity index (χ1n) is 39.0. The number of aliphatic hydroxyl groups is 3. The second kappa shape index (κ2) is 33.5. The molecule has 7 aliphatic heterocycles. The number of benzene rings is 4. The Hall–Kier alpha value is -11.2. The SMILES string of the molecule is Cc1c2cnn1CC13CC4(C)CC(C)(C1)CC(C4)(C3)OCCN(Cc1ccc(O[C@@H]3O[C@H](C(=O)O)[C@@H](O)[C@H](O)[C@H]3O)cc1)C(=O)OCc1ccc(cc1)NC(=O)[C@H](CCCNC(N)=O)NC(=O)[C@@H](NC(=O)CCCCCN1C(=O)C=CC1=O)C(C)C1CN(Cc3c(C(=O)Nc4nc5ccccc5s4)cccc31)c1ccc-2c(C(=O)O)n1. The average Bonchev–Trinajstić information content (AvgIpc) is 0.879. The molecule has 12 bridgehead atoms. The number of aromatic carboxylic acids is 1. The maximum Gasteiger partial charge on any atom is 0.410 e. The third-order valence-corrected chi connectivity index (χ3v) is 24.5. The van der Waals surface area contributed by atoms with E-state index < -0.39 is 120 Å². The Kier molecular flexibility index (Phi) is 23.5. The number of aromatic nitrogens is 4. The number of carboxylic acids is 2. The minimum absolute atomic E-state index is 0.00637. The zero-order chi connectivity index (χ0) is 82.1. The molecule has 10 heterocycles. The fourth-order valence-electron chi connectivity index (χ4n) is 19.3. The van der Waals surface area contributed by atoms with Gasteiger partial charge in [0, 0.05) is 98.4 Å². The molecule has 11 aliphatic rings. The lowest BCUT2D eigenvalue weighted by atomic mass is 9.39. The molecule has 7 aromatic rings. The monoisotopic (exact) mass is 1610 g/mol. The van der Waals surface area contributed by atoms with Crippen LogP contribution in [0.2, 0.25) is 0 Å². The summed E-state index contributed by atoms with van der Waals surface area (Å²) in [7, 11) is 0. The van der Waals surface area contributed by atoms with Gasteiger partial charge < -0.3 is 81.3 Å². The van der Waals surface area contributed by atoms with Crippen LogP contribution in [0.5, 0.6) is 5.75 Å². The highest BCUT2D eigenvalue weighted by Crippen LogP contribution is 2.72. The first-order valence-corrected chi connectivity index (χ1v) is 39.9. The summed E-state index contributed by atoms with van der Waals surface area (Å²) < 4.78 is 27.2. The molecule has 1 saturated heterocycles. The van der Waals surface area contributed by atoms with E-state index in [1.54, 1.807) is 73.8 Å². The van der Waals surface area contributed by atoms with Crippen molar-refractivity contribution in [2.24, 2.45) is 27.9 Å². The van der Waals surface area contributed by atoms with Crippen LogP contribution in [-0.4, -0.2) is 196 Å². The number of hydrogen-bond donors (Lipinski definition) is 11. The predicted molar refractivity (Wildman–Crippen MR) is 421 cm³/mol. The second-order valence-electron chi connectivity index (χ2n) is 32.7. The lowest BCUT2D eigenvalue weighted by Gasteiger charge is -2.69. The standard InChI is InChI=1S/C83H95N13O19S/c1-46-56-36-94(37-57-52(56)12-10-13-54(57)71(103)92-78-89-58-14-7-8-16-60(58)116-78)61-27-26-53(66(90-61)74(106)107)55-34-86-96(47(55)2)45-82-40-80(3)39-81(4,41-82)43-83(42-80,44-82)113-33-32-93(35-48-20-24-51(25-21-48)114-76-69(102)67(100)68(101)70(115-76)75(108)109)79(111)112-38-49-18-22-50(23-19-49)87-72(104)59(15-11-30-85-77(84)110)88-73(105)65(46)91-62(97)17-6-5-9-31-95-63(98)28-29-64(95)99/h7-8,10,12-14,16,18-29,34,46,56,59,65,67-70,76,100-102H,5-6,9,11,15,17,30-33,35-45H2,1-4H3,(H,87,104)(H,88,105)(H,91,97)(H,106,107)(H,108,109)(H3,84,85,110)(H,89,92,103)/t46?,56?,59-,65-,67-,68-,69+,70-,76+,80?,81?,82?,83?/m0/s1. The smallest absolute Gasteiger partial charge is 0.410 e. The summed E-state index contributed by atoms with van der Waals surface area (Å²) in [5.74, 6) is -7.63. The molecule has 12 N–H and O–H groups in total. The van der Waals surface area contributed by atoms with Gasteiger partial charge in [0.2, 0.25) is 24.0 Å². The Bertz CT molecular complexity index is 4930. The normalized spacial score (nSPS) is 27.5. The quantitative estimate of drug-likeness (QED) is 0.0273. The van der Waals surface area contributed by atoms with Crippen molar-refractivity contribution in [3.8, 4) is 16.9 Å². The Morgan fingerprint density at radius 3 is 2.24 bits per heavy atom. The molecule has 11 atom stereocenters. The number of aliphatic carboxylic acids is 1. The Balaban J connectivity index is 0.806. The van der Waals surface area contributed by atoms with Crippen LogP contribution in [0.4, 0.5) is 26.2 Å². The van der Waals surface area contributed by atoms with Crippen LogP contribution in [0.25, 0.3) is 21.3 Å². The van der Waals surface area contributed by atoms with Crippen molar-refractivity contribution < 1.29 is 92.4 Å². The maximum absolute atomic E-state index is 15.7. The number of carboxylic acid groups (broad SMARTS) is 2. The molecule has 18 rings (SSSR count). The van der Waals surface area contributed by atoms with E-state index in [0.29, 0.717) is 75.5 Å². The van der Waals surface area contributed by atoms with E-state index in [-0.39, 0.29) is 123 Å². The largest absolute Gasteiger partial charge is 0.479 e. The van der Waals surface area contributed by atoms with Gasteiger partial charge in [0.05, 0.1) is 28.6 Å². The molecule has 9 amide bonds. The summed E-state index contributed by atoms with van der Waals surface area (Å²) in [6.45, 7) is 8.94. The number of nitrogens with one attached hydrogen (secondary N) is 5. The van der Waals surface area contributed by atoms with Gasteiger partial charge in [-0.25, -0.2) is 29.1 Å². The number of amides is 9. The van der Waals surface area contributed by atoms with Crippen LogP contribution >= 0.6 is 11.3 Å². The highest BCUT2D eigenvalue weighted by molar-refractivity contribution is 7.22. The van der Waals surface area contributed by atoms with Gasteiger partial charge in [0.25, 0.3) is 17.7 Å². The number of aliphatic hydroxyl groups excluding tert-OH is 3. The summed E-state index contributed by atoms with van der Waals surface area (Å²) in [5, 5.41) is 72.1. The van der Waals surface area contributed by atoms with Gasteiger partial charge in [-0.1, -0.05) is 87.1 Å². The number of para-hydroxylation sites is 1. The predicted octanol–water partition coefficient (Wildman–Crippen LogP) is 7.66. The maximum atomic E-state index is 15.7. The number of carbonyl (C=O) groups excluding carboxylic acids is 8. The minimum atomic E-state index is -1.93. The van der Waals surface area contributed by atoms with Crippen molar-refractivity contribution >= 4 is 97.7 Å². The molecule has 612 valence electrons. The molecule has 32 nitrogen and oxygen atoms in total. The first kappa shape index (κ1) is 81.3. The average molecular weight is 1610 g/mol. The molecular formula is C83H95N13O19S. The number of fused-ring (bicyclic) bond motifs is 2. The summed E-state index contributed by atoms with van der Waals surface area (Å²) >= 11 is 1.29. The van der Waals surface area contributed by atoms with Crippen LogP contribution in [-0.2, 0) is 69.2 Å². The van der Waals surface area contributed by atoms with Crippen molar-refractivity contribution in [1.29, 1.82) is 0 Å². The molecule has 116 heavy (non-hydrogen) atoms. The molecule has 0 radical (unpaired) electrons. The third kappa shape index (κ3) is 17.8. The fourth-order valence-corrected chi connectivity index (χ4v) is 20.1. The summed E-state index contributed by atoms with van der Waals surface area (Å²) in [6.07, 6.45) is 0.142. The summed E-state index contributed by atoms with van der Waals surface area (Å²) in [6, 6.07) is 25.3. The molecule has 5 fully saturated rings. The zero-order valence-electron chi connectivity index (χ0n) is 64.7. The number of imide groups is 1. The fraction of sp³-hybridized carbons (Fsp3) is 0.458. The Labute approximate surface area is 671 Å². The van der Waals surface area contributed by atoms with E-state index in [0.717, 1.165) is 41.7 Å². The first-order chi connectivity index (χ1) is 55.4. The molecule has 4 unspecified atom stereocenters. The number of ether oxygens (including phenoxy) is 4. The molecule has 33 heteroatoms. The second-order valence-corrected chi connectivity index (χ2v) is 33.7. The van der Waals surface area contributed by atoms with Gasteiger partial charge in [-0.3, -0.25) is 43.7 Å². The van der Waals surface area contributed by atoms with E-state index in [1.807, 2.05) is 46.8 Å². The summed E-state index contributed by atoms with van der Waals surface area (Å²) in [4.78, 5) is 151. The lowest BCUT2D eigenvalue weighted by molar-refractivity contribution is -0.271. The number of urea groups is 1. The van der Waals surface area contributed by atoms with Crippen molar-refractivity contribution in [3.05, 3.63) is 161 Å². The molecular weight excluding hydrogens is 1520 g/mol. The molecule has 4 saturated carbocycles. The van der Waals surface area contributed by atoms with Gasteiger partial charge >= 0.3 is 24.1 Å². The number of thiazole rings is 1. The Morgan fingerprint density at radius 2 is 1.53 bits per heavy atom. The highest BCUT2D eigenvalue weighted by Gasteiger charge is 2.66. The topological polar surface area (TPSA) is 448 Å². The van der Waals surface area contributed by atoms with Crippen molar-refractivity contribution in [2.75, 3.05) is 48.3 Å².